The maximum Gasteiger partial charge on any atom is 0.0202 e. The van der Waals surface area contributed by atoms with Crippen molar-refractivity contribution in [1.29, 1.82) is 0 Å². The number of rotatable bonds is 1. The second kappa shape index (κ2) is 1.66. The van der Waals surface area contributed by atoms with E-state index in [-0.39, 0.29) is 0 Å². The van der Waals surface area contributed by atoms with Gasteiger partial charge in [-0.3, -0.25) is 0 Å². The Bertz CT molecular complexity index is 168. The van der Waals surface area contributed by atoms with Crippen LogP contribution in [0.3, 0.4) is 0 Å². The predicted octanol–water partition coefficient (Wildman–Crippen LogP) is 2.32. The van der Waals surface area contributed by atoms with Crippen molar-refractivity contribution in [3.63, 3.8) is 0 Å². The fourth-order valence-corrected chi connectivity index (χ4v) is 3.22. The van der Waals surface area contributed by atoms with Crippen LogP contribution in [-0.2, 0) is 0 Å². The van der Waals surface area contributed by atoms with Gasteiger partial charge in [0.2, 0.25) is 0 Å². The molecule has 0 spiro atoms. The molecule has 0 aromatic rings. The summed E-state index contributed by atoms with van der Waals surface area (Å²) in [6, 6.07) is 0. The molecule has 0 atom stereocenters. The summed E-state index contributed by atoms with van der Waals surface area (Å²) in [4.78, 5) is 0. The highest BCUT2D eigenvalue weighted by atomic mass is 15.1. The highest BCUT2D eigenvalue weighted by Gasteiger charge is 2.65. The Labute approximate surface area is 69.6 Å². The van der Waals surface area contributed by atoms with Gasteiger partial charge in [-0.2, -0.15) is 0 Å². The van der Waals surface area contributed by atoms with Gasteiger partial charge in [0.15, 0.2) is 0 Å². The molecular weight excluding hydrogens is 134 g/mol. The molecule has 11 heavy (non-hydrogen) atoms. The molecule has 3 aliphatic carbocycles. The van der Waals surface area contributed by atoms with Gasteiger partial charge in [0.05, 0.1) is 0 Å². The molecule has 1 heteroatoms. The smallest absolute Gasteiger partial charge is 0.0202 e. The minimum atomic E-state index is 0.307. The maximum atomic E-state index is 3.72. The van der Waals surface area contributed by atoms with Crippen molar-refractivity contribution in [2.45, 2.75) is 58.0 Å². The van der Waals surface area contributed by atoms with Gasteiger partial charge >= 0.3 is 0 Å². The third kappa shape index (κ3) is 1.10. The van der Waals surface area contributed by atoms with Crippen LogP contribution in [0.25, 0.3) is 0 Å². The number of hydrogen-bond donors (Lipinski definition) is 1. The largest absolute Gasteiger partial charge is 0.307 e. The van der Waals surface area contributed by atoms with E-state index >= 15 is 0 Å². The van der Waals surface area contributed by atoms with E-state index in [0.717, 1.165) is 5.41 Å². The summed E-state index contributed by atoms with van der Waals surface area (Å²) in [6.45, 7) is 9.18. The third-order valence-corrected chi connectivity index (χ3v) is 2.94. The molecule has 64 valence electrons. The molecule has 0 saturated heterocycles. The van der Waals surface area contributed by atoms with Gasteiger partial charge in [0.1, 0.15) is 0 Å². The van der Waals surface area contributed by atoms with E-state index in [1.165, 1.54) is 19.3 Å². The van der Waals surface area contributed by atoms with Gasteiger partial charge in [-0.15, -0.1) is 0 Å². The number of nitrogens with one attached hydrogen (secondary N) is 1. The van der Waals surface area contributed by atoms with Crippen LogP contribution < -0.4 is 5.32 Å². The first-order valence-corrected chi connectivity index (χ1v) is 4.62. The first-order valence-electron chi connectivity index (χ1n) is 4.62. The van der Waals surface area contributed by atoms with E-state index in [1.54, 1.807) is 0 Å². The molecular formula is C10H19N. The highest BCUT2D eigenvalue weighted by Crippen LogP contribution is 2.67. The van der Waals surface area contributed by atoms with E-state index in [9.17, 15) is 0 Å². The van der Waals surface area contributed by atoms with Gasteiger partial charge in [-0.05, 0) is 45.4 Å². The lowest BCUT2D eigenvalue weighted by Gasteiger charge is -2.71. The molecule has 1 nitrogen and oxygen atoms in total. The zero-order valence-electron chi connectivity index (χ0n) is 8.12. The van der Waals surface area contributed by atoms with Crippen LogP contribution in [0.4, 0.5) is 0 Å². The Hall–Kier alpha value is -0.0400. The van der Waals surface area contributed by atoms with Crippen molar-refractivity contribution >= 4 is 0 Å². The van der Waals surface area contributed by atoms with E-state index in [1.807, 2.05) is 0 Å². The average Bonchev–Trinajstić information content (AvgIpc) is 1.53. The Balaban J connectivity index is 1.91. The van der Waals surface area contributed by atoms with Crippen LogP contribution in [0.5, 0.6) is 0 Å². The molecule has 3 fully saturated rings. The fourth-order valence-electron chi connectivity index (χ4n) is 3.22. The van der Waals surface area contributed by atoms with Crippen molar-refractivity contribution in [3.8, 4) is 0 Å². The van der Waals surface area contributed by atoms with Gasteiger partial charge in [-0.25, -0.2) is 0 Å². The zero-order valence-corrected chi connectivity index (χ0v) is 8.12. The Morgan fingerprint density at radius 1 is 1.09 bits per heavy atom. The van der Waals surface area contributed by atoms with E-state index in [0.29, 0.717) is 11.1 Å². The van der Waals surface area contributed by atoms with Crippen molar-refractivity contribution in [1.82, 2.24) is 5.32 Å². The standard InChI is InChI=1S/C10H19N/c1-8(2,3)11-10-5-9(4,6-10)7-10/h11H,5-7H2,1-4H3. The minimum absolute atomic E-state index is 0.307. The van der Waals surface area contributed by atoms with Crippen molar-refractivity contribution in [2.24, 2.45) is 5.41 Å². The normalized spacial score (nSPS) is 48.0. The molecule has 1 N–H and O–H groups in total. The summed E-state index contributed by atoms with van der Waals surface area (Å²) in [5.74, 6) is 0. The molecule has 0 aromatic heterocycles. The topological polar surface area (TPSA) is 12.0 Å². The summed E-state index contributed by atoms with van der Waals surface area (Å²) in [5.41, 5.74) is 1.60. The minimum Gasteiger partial charge on any atom is -0.307 e. The molecule has 0 unspecified atom stereocenters. The zero-order chi connectivity index (χ0) is 8.33. The molecule has 0 aromatic carbocycles. The molecule has 3 rings (SSSR count). The fraction of sp³-hybridized carbons (Fsp3) is 1.00. The summed E-state index contributed by atoms with van der Waals surface area (Å²) in [6.07, 6.45) is 4.24. The molecule has 3 aliphatic rings. The molecule has 0 radical (unpaired) electrons. The Morgan fingerprint density at radius 3 is 1.82 bits per heavy atom. The lowest BCUT2D eigenvalue weighted by molar-refractivity contribution is -0.150. The third-order valence-electron chi connectivity index (χ3n) is 2.94. The molecule has 0 amide bonds. The number of hydrogen-bond acceptors (Lipinski definition) is 1. The summed E-state index contributed by atoms with van der Waals surface area (Å²) in [7, 11) is 0. The lowest BCUT2D eigenvalue weighted by Crippen LogP contribution is -2.75. The van der Waals surface area contributed by atoms with Gasteiger partial charge < -0.3 is 5.32 Å². The van der Waals surface area contributed by atoms with Crippen molar-refractivity contribution < 1.29 is 0 Å². The average molecular weight is 153 g/mol. The van der Waals surface area contributed by atoms with Crippen LogP contribution in [0.2, 0.25) is 0 Å². The van der Waals surface area contributed by atoms with Gasteiger partial charge in [0.25, 0.3) is 0 Å². The van der Waals surface area contributed by atoms with Crippen LogP contribution in [0.1, 0.15) is 47.0 Å². The summed E-state index contributed by atoms with van der Waals surface area (Å²) in [5, 5.41) is 3.72. The summed E-state index contributed by atoms with van der Waals surface area (Å²) < 4.78 is 0. The van der Waals surface area contributed by atoms with Crippen LogP contribution in [0, 0.1) is 5.41 Å². The SMILES string of the molecule is CC12CC(NC(C)(C)C)(C1)C2. The molecule has 3 saturated carbocycles. The van der Waals surface area contributed by atoms with Gasteiger partial charge in [-0.1, -0.05) is 6.92 Å². The molecule has 0 heterocycles. The molecule has 2 bridgehead atoms. The molecule has 0 aliphatic heterocycles. The van der Waals surface area contributed by atoms with Crippen LogP contribution >= 0.6 is 0 Å². The Kier molecular flexibility index (Phi) is 1.15. The van der Waals surface area contributed by atoms with Crippen LogP contribution in [-0.4, -0.2) is 11.1 Å². The first-order chi connectivity index (χ1) is 4.83. The van der Waals surface area contributed by atoms with E-state index < -0.39 is 0 Å². The van der Waals surface area contributed by atoms with Crippen molar-refractivity contribution in [3.05, 3.63) is 0 Å². The Morgan fingerprint density at radius 2 is 1.55 bits per heavy atom. The highest BCUT2D eigenvalue weighted by molar-refractivity contribution is 5.22. The summed E-state index contributed by atoms with van der Waals surface area (Å²) >= 11 is 0. The second-order valence-electron chi connectivity index (χ2n) is 6.00. The predicted molar refractivity (Wildman–Crippen MR) is 47.6 cm³/mol. The van der Waals surface area contributed by atoms with Gasteiger partial charge in [0, 0.05) is 11.1 Å². The van der Waals surface area contributed by atoms with Crippen LogP contribution in [0.15, 0.2) is 0 Å². The quantitative estimate of drug-likeness (QED) is 0.609. The van der Waals surface area contributed by atoms with E-state index in [2.05, 4.69) is 33.0 Å². The second-order valence-corrected chi connectivity index (χ2v) is 6.00. The maximum absolute atomic E-state index is 3.72. The van der Waals surface area contributed by atoms with E-state index in [4.69, 9.17) is 0 Å². The van der Waals surface area contributed by atoms with Crippen molar-refractivity contribution in [2.75, 3.05) is 0 Å². The monoisotopic (exact) mass is 153 g/mol. The lowest BCUT2D eigenvalue weighted by atomic mass is 9.40. The first kappa shape index (κ1) is 7.60.